The van der Waals surface area contributed by atoms with Crippen molar-refractivity contribution in [1.82, 2.24) is 4.72 Å². The van der Waals surface area contributed by atoms with Crippen LogP contribution < -0.4 is 4.72 Å². The second-order valence-corrected chi connectivity index (χ2v) is 4.74. The molecule has 1 N–H and O–H groups in total. The Morgan fingerprint density at radius 2 is 2.18 bits per heavy atom. The van der Waals surface area contributed by atoms with E-state index >= 15 is 0 Å². The van der Waals surface area contributed by atoms with Gasteiger partial charge in [-0.25, -0.2) is 17.9 Å². The Bertz CT molecular complexity index is 497. The van der Waals surface area contributed by atoms with Crippen LogP contribution in [-0.2, 0) is 17.7 Å². The summed E-state index contributed by atoms with van der Waals surface area (Å²) in [5.74, 6) is -4.17. The molecule has 1 aliphatic carbocycles. The summed E-state index contributed by atoms with van der Waals surface area (Å²) < 4.78 is 62.9. The van der Waals surface area contributed by atoms with Crippen LogP contribution in [0.5, 0.6) is 0 Å². The first-order valence-electron chi connectivity index (χ1n) is 4.53. The zero-order valence-corrected chi connectivity index (χ0v) is 9.75. The zero-order chi connectivity index (χ0) is 12.8. The molecule has 1 aliphatic rings. The van der Waals surface area contributed by atoms with Crippen LogP contribution in [0.3, 0.4) is 0 Å². The Kier molecular flexibility index (Phi) is 3.19. The number of alkyl halides is 2. The number of benzene rings is 1. The predicted octanol–water partition coefficient (Wildman–Crippen LogP) is 2.10. The van der Waals surface area contributed by atoms with Gasteiger partial charge in [0.25, 0.3) is 5.92 Å². The second-order valence-electron chi connectivity index (χ2n) is 3.66. The molecule has 0 amide bonds. The van der Waals surface area contributed by atoms with Gasteiger partial charge < -0.3 is 4.55 Å². The maximum Gasteiger partial charge on any atom is 0.272 e. The monoisotopic (exact) mass is 284 g/mol. The van der Waals surface area contributed by atoms with Crippen molar-refractivity contribution in [2.75, 3.05) is 0 Å². The third-order valence-electron chi connectivity index (χ3n) is 2.57. The molecule has 94 valence electrons. The van der Waals surface area contributed by atoms with Crippen LogP contribution in [0.15, 0.2) is 12.1 Å². The first-order chi connectivity index (χ1) is 7.83. The molecular weight excluding hydrogens is 279 g/mol. The van der Waals surface area contributed by atoms with E-state index in [1.54, 1.807) is 4.72 Å². The molecule has 0 saturated heterocycles. The van der Waals surface area contributed by atoms with Gasteiger partial charge in [-0.2, -0.15) is 0 Å². The molecule has 0 saturated carbocycles. The molecule has 0 aromatic heterocycles. The summed E-state index contributed by atoms with van der Waals surface area (Å²) in [5.41, 5.74) is -0.0507. The molecular formula is C9H6ClF3NO2S-. The van der Waals surface area contributed by atoms with Crippen molar-refractivity contribution in [2.45, 2.75) is 18.4 Å². The fourth-order valence-corrected chi connectivity index (χ4v) is 2.66. The Hall–Kier alpha value is -0.630. The number of halogens is 4. The van der Waals surface area contributed by atoms with Crippen molar-refractivity contribution in [3.05, 3.63) is 34.1 Å². The topological polar surface area (TPSA) is 52.2 Å². The SMILES string of the molecule is O=S([O-])NC1c2c(ccc(F)c2Cl)CC1(F)F. The van der Waals surface area contributed by atoms with E-state index < -0.39 is 40.5 Å². The van der Waals surface area contributed by atoms with Crippen molar-refractivity contribution in [3.63, 3.8) is 0 Å². The fourth-order valence-electron chi connectivity index (χ4n) is 1.88. The van der Waals surface area contributed by atoms with Crippen LogP contribution in [0.2, 0.25) is 5.02 Å². The Morgan fingerprint density at radius 3 is 2.76 bits per heavy atom. The van der Waals surface area contributed by atoms with Crippen LogP contribution in [0.1, 0.15) is 17.2 Å². The third kappa shape index (κ3) is 2.20. The summed E-state index contributed by atoms with van der Waals surface area (Å²) >= 11 is 2.71. The molecule has 3 nitrogen and oxygen atoms in total. The Labute approximate surface area is 102 Å². The summed E-state index contributed by atoms with van der Waals surface area (Å²) in [7, 11) is 0. The number of hydrogen-bond acceptors (Lipinski definition) is 2. The Balaban J connectivity index is 2.53. The number of nitrogens with one attached hydrogen (secondary N) is 1. The van der Waals surface area contributed by atoms with E-state index in [2.05, 4.69) is 0 Å². The molecule has 2 rings (SSSR count). The van der Waals surface area contributed by atoms with Gasteiger partial charge in [-0.1, -0.05) is 17.7 Å². The molecule has 1 aromatic rings. The third-order valence-corrected chi connectivity index (χ3v) is 3.39. The zero-order valence-electron chi connectivity index (χ0n) is 8.18. The minimum atomic E-state index is -3.32. The maximum atomic E-state index is 13.6. The van der Waals surface area contributed by atoms with Gasteiger partial charge in [-0.3, -0.25) is 4.21 Å². The van der Waals surface area contributed by atoms with Gasteiger partial charge in [0.05, 0.1) is 5.02 Å². The van der Waals surface area contributed by atoms with Gasteiger partial charge in [0.1, 0.15) is 11.9 Å². The molecule has 17 heavy (non-hydrogen) atoms. The van der Waals surface area contributed by atoms with E-state index in [4.69, 9.17) is 11.6 Å². The molecule has 0 aliphatic heterocycles. The molecule has 8 heteroatoms. The Morgan fingerprint density at radius 1 is 1.53 bits per heavy atom. The van der Waals surface area contributed by atoms with Gasteiger partial charge in [-0.05, 0) is 11.6 Å². The highest BCUT2D eigenvalue weighted by Crippen LogP contribution is 2.46. The van der Waals surface area contributed by atoms with Gasteiger partial charge in [0.2, 0.25) is 0 Å². The molecule has 2 unspecified atom stereocenters. The van der Waals surface area contributed by atoms with Crippen LogP contribution >= 0.6 is 11.6 Å². The van der Waals surface area contributed by atoms with E-state index in [0.29, 0.717) is 0 Å². The first-order valence-corrected chi connectivity index (χ1v) is 5.98. The lowest BCUT2D eigenvalue weighted by atomic mass is 10.1. The molecule has 2 atom stereocenters. The average molecular weight is 285 g/mol. The van der Waals surface area contributed by atoms with Crippen molar-refractivity contribution in [3.8, 4) is 0 Å². The predicted molar refractivity (Wildman–Crippen MR) is 54.9 cm³/mol. The quantitative estimate of drug-likeness (QED) is 0.846. The van der Waals surface area contributed by atoms with Gasteiger partial charge in [0, 0.05) is 23.3 Å². The van der Waals surface area contributed by atoms with E-state index in [0.717, 1.165) is 6.07 Å². The summed E-state index contributed by atoms with van der Waals surface area (Å²) in [4.78, 5) is 0. The average Bonchev–Trinajstić information content (AvgIpc) is 2.45. The standard InChI is InChI=1S/C9H7ClF3NO2S/c10-7-5(11)2-1-4-3-9(12,13)8(6(4)7)14-17(15)16/h1-2,8,14H,3H2,(H,15,16)/p-1. The molecule has 1 aromatic carbocycles. The normalized spacial score (nSPS) is 23.5. The lowest BCUT2D eigenvalue weighted by molar-refractivity contribution is -0.0189. The lowest BCUT2D eigenvalue weighted by Gasteiger charge is -2.22. The maximum absolute atomic E-state index is 13.6. The number of rotatable bonds is 2. The minimum absolute atomic E-state index is 0.143. The summed E-state index contributed by atoms with van der Waals surface area (Å²) in [5, 5.41) is -0.470. The number of fused-ring (bicyclic) bond motifs is 1. The first kappa shape index (κ1) is 12.8. The van der Waals surface area contributed by atoms with Crippen LogP contribution in [0, 0.1) is 5.82 Å². The van der Waals surface area contributed by atoms with E-state index in [1.165, 1.54) is 6.07 Å². The highest BCUT2D eigenvalue weighted by Gasteiger charge is 2.49. The fraction of sp³-hybridized carbons (Fsp3) is 0.333. The van der Waals surface area contributed by atoms with Gasteiger partial charge in [-0.15, -0.1) is 0 Å². The molecule has 0 heterocycles. The van der Waals surface area contributed by atoms with Crippen LogP contribution in [-0.4, -0.2) is 14.7 Å². The minimum Gasteiger partial charge on any atom is -0.760 e. The van der Waals surface area contributed by atoms with Crippen molar-refractivity contribution in [1.29, 1.82) is 0 Å². The summed E-state index contributed by atoms with van der Waals surface area (Å²) in [6.07, 6.45) is -0.669. The van der Waals surface area contributed by atoms with E-state index in [1.807, 2.05) is 0 Å². The van der Waals surface area contributed by atoms with Gasteiger partial charge in [0.15, 0.2) is 0 Å². The summed E-state index contributed by atoms with van der Waals surface area (Å²) in [6.45, 7) is 0. The van der Waals surface area contributed by atoms with Crippen molar-refractivity contribution >= 4 is 22.9 Å². The highest BCUT2D eigenvalue weighted by molar-refractivity contribution is 7.77. The van der Waals surface area contributed by atoms with E-state index in [9.17, 15) is 21.9 Å². The van der Waals surface area contributed by atoms with Crippen LogP contribution in [0.4, 0.5) is 13.2 Å². The number of hydrogen-bond donors (Lipinski definition) is 1. The highest BCUT2D eigenvalue weighted by atomic mass is 35.5. The van der Waals surface area contributed by atoms with E-state index in [-0.39, 0.29) is 11.1 Å². The van der Waals surface area contributed by atoms with Crippen molar-refractivity contribution < 1.29 is 21.9 Å². The van der Waals surface area contributed by atoms with Gasteiger partial charge >= 0.3 is 0 Å². The second kappa shape index (κ2) is 4.24. The smallest absolute Gasteiger partial charge is 0.272 e. The molecule has 0 spiro atoms. The van der Waals surface area contributed by atoms with Crippen LogP contribution in [0.25, 0.3) is 0 Å². The largest absolute Gasteiger partial charge is 0.760 e. The summed E-state index contributed by atoms with van der Waals surface area (Å²) in [6, 6.07) is 0.340. The molecule has 0 radical (unpaired) electrons. The molecule has 0 bridgehead atoms. The molecule has 0 fully saturated rings. The lowest BCUT2D eigenvalue weighted by Crippen LogP contribution is -2.35. The van der Waals surface area contributed by atoms with Crippen molar-refractivity contribution in [2.24, 2.45) is 0 Å².